The van der Waals surface area contributed by atoms with Gasteiger partial charge in [-0.2, -0.15) is 0 Å². The molecule has 0 spiro atoms. The Morgan fingerprint density at radius 3 is 2.94 bits per heavy atom. The molecule has 5 N–H and O–H groups in total. The summed E-state index contributed by atoms with van der Waals surface area (Å²) < 4.78 is 5.06. The minimum atomic E-state index is -0.0962. The highest BCUT2D eigenvalue weighted by Gasteiger charge is 2.03. The van der Waals surface area contributed by atoms with Gasteiger partial charge >= 0.3 is 0 Å². The van der Waals surface area contributed by atoms with E-state index in [1.807, 2.05) is 12.3 Å². The molecule has 0 radical (unpaired) electrons. The van der Waals surface area contributed by atoms with Gasteiger partial charge in [0.1, 0.15) is 0 Å². The summed E-state index contributed by atoms with van der Waals surface area (Å²) >= 11 is 1.44. The number of nitrogens with one attached hydrogen (secondary N) is 3. The van der Waals surface area contributed by atoms with Gasteiger partial charge in [0.05, 0.1) is 12.3 Å². The largest absolute Gasteiger partial charge is 0.481 e. The van der Waals surface area contributed by atoms with E-state index in [4.69, 9.17) is 21.3 Å². The molecule has 1 aromatic rings. The van der Waals surface area contributed by atoms with Crippen molar-refractivity contribution in [2.24, 2.45) is 5.73 Å². The maximum absolute atomic E-state index is 7.47. The van der Waals surface area contributed by atoms with Gasteiger partial charge in [-0.3, -0.25) is 10.8 Å². The fourth-order valence-electron chi connectivity index (χ4n) is 1.43. The summed E-state index contributed by atoms with van der Waals surface area (Å²) in [4.78, 5) is 4.31. The monoisotopic (exact) mass is 269 g/mol. The van der Waals surface area contributed by atoms with Crippen LogP contribution in [0.4, 0.5) is 5.13 Å². The molecule has 0 aliphatic heterocycles. The van der Waals surface area contributed by atoms with Crippen LogP contribution in [0.2, 0.25) is 0 Å². The maximum Gasteiger partial charge on any atom is 0.192 e. The number of aromatic nitrogens is 1. The molecule has 0 saturated carbocycles. The van der Waals surface area contributed by atoms with E-state index in [1.165, 1.54) is 11.3 Å². The standard InChI is InChI=1S/C11H19N5OS/c1-2-17-9(12)6-4-3-5-8-7-18-11(15-8)16-10(13)14/h7,12H,2-6H2,1H3,(H4,13,14,15,16). The minimum absolute atomic E-state index is 0.0962. The molecule has 100 valence electrons. The number of anilines is 1. The molecule has 0 aromatic carbocycles. The zero-order valence-electron chi connectivity index (χ0n) is 10.5. The first-order chi connectivity index (χ1) is 8.61. The van der Waals surface area contributed by atoms with E-state index in [2.05, 4.69) is 10.3 Å². The first-order valence-electron chi connectivity index (χ1n) is 5.87. The van der Waals surface area contributed by atoms with Crippen molar-refractivity contribution in [2.75, 3.05) is 11.9 Å². The van der Waals surface area contributed by atoms with Crippen molar-refractivity contribution in [1.29, 1.82) is 10.8 Å². The first kappa shape index (κ1) is 14.4. The minimum Gasteiger partial charge on any atom is -0.481 e. The third-order valence-corrected chi connectivity index (χ3v) is 3.01. The molecule has 0 aliphatic carbocycles. The predicted octanol–water partition coefficient (Wildman–Crippen LogP) is 2.18. The van der Waals surface area contributed by atoms with E-state index in [9.17, 15) is 0 Å². The van der Waals surface area contributed by atoms with E-state index >= 15 is 0 Å². The maximum atomic E-state index is 7.47. The van der Waals surface area contributed by atoms with Crippen molar-refractivity contribution >= 4 is 28.3 Å². The number of nitrogens with zero attached hydrogens (tertiary/aromatic N) is 1. The number of guanidine groups is 1. The lowest BCUT2D eigenvalue weighted by Gasteiger charge is -2.03. The quantitative estimate of drug-likeness (QED) is 0.345. The molecule has 0 saturated heterocycles. The van der Waals surface area contributed by atoms with Crippen molar-refractivity contribution < 1.29 is 4.74 Å². The van der Waals surface area contributed by atoms with Crippen LogP contribution in [0.25, 0.3) is 0 Å². The highest BCUT2D eigenvalue weighted by atomic mass is 32.1. The second-order valence-corrected chi connectivity index (χ2v) is 4.60. The molecule has 6 nitrogen and oxygen atoms in total. The molecule has 0 amide bonds. The average Bonchev–Trinajstić information content (AvgIpc) is 2.71. The normalized spacial score (nSPS) is 10.1. The number of hydrogen-bond donors (Lipinski definition) is 4. The Kier molecular flexibility index (Phi) is 6.13. The summed E-state index contributed by atoms with van der Waals surface area (Å²) in [7, 11) is 0. The molecule has 0 atom stereocenters. The zero-order chi connectivity index (χ0) is 13.4. The second kappa shape index (κ2) is 7.65. The third kappa shape index (κ3) is 5.62. The van der Waals surface area contributed by atoms with Gasteiger partial charge in [0.2, 0.25) is 0 Å². The molecule has 1 rings (SSSR count). The van der Waals surface area contributed by atoms with Crippen LogP contribution in [0.3, 0.4) is 0 Å². The summed E-state index contributed by atoms with van der Waals surface area (Å²) in [6, 6.07) is 0. The van der Waals surface area contributed by atoms with Crippen LogP contribution in [-0.2, 0) is 11.2 Å². The fraction of sp³-hybridized carbons (Fsp3) is 0.545. The predicted molar refractivity (Wildman–Crippen MR) is 74.6 cm³/mol. The van der Waals surface area contributed by atoms with Gasteiger partial charge < -0.3 is 15.8 Å². The molecule has 1 aromatic heterocycles. The number of ether oxygens (including phenoxy) is 1. The molecule has 0 bridgehead atoms. The Balaban J connectivity index is 2.21. The first-order valence-corrected chi connectivity index (χ1v) is 6.75. The second-order valence-electron chi connectivity index (χ2n) is 3.75. The van der Waals surface area contributed by atoms with Crippen LogP contribution in [0, 0.1) is 10.8 Å². The Bertz CT molecular complexity index is 404. The van der Waals surface area contributed by atoms with Gasteiger partial charge in [-0.05, 0) is 26.2 Å². The third-order valence-electron chi connectivity index (χ3n) is 2.20. The molecule has 18 heavy (non-hydrogen) atoms. The van der Waals surface area contributed by atoms with E-state index in [0.29, 0.717) is 24.1 Å². The van der Waals surface area contributed by atoms with E-state index in [0.717, 1.165) is 25.0 Å². The number of hydrogen-bond acceptors (Lipinski definition) is 5. The van der Waals surface area contributed by atoms with Gasteiger partial charge in [0, 0.05) is 11.8 Å². The Morgan fingerprint density at radius 1 is 1.50 bits per heavy atom. The van der Waals surface area contributed by atoms with Gasteiger partial charge in [0.25, 0.3) is 0 Å². The average molecular weight is 269 g/mol. The molecular formula is C11H19N5OS. The fourth-order valence-corrected chi connectivity index (χ4v) is 2.19. The van der Waals surface area contributed by atoms with Crippen LogP contribution in [0.1, 0.15) is 31.9 Å². The van der Waals surface area contributed by atoms with Gasteiger partial charge in [-0.25, -0.2) is 4.98 Å². The van der Waals surface area contributed by atoms with Crippen molar-refractivity contribution in [3.05, 3.63) is 11.1 Å². The van der Waals surface area contributed by atoms with Crippen molar-refractivity contribution in [3.63, 3.8) is 0 Å². The summed E-state index contributed by atoms with van der Waals surface area (Å²) in [6.45, 7) is 2.44. The number of rotatable bonds is 7. The van der Waals surface area contributed by atoms with Crippen LogP contribution in [-0.4, -0.2) is 23.4 Å². The van der Waals surface area contributed by atoms with Crippen LogP contribution in [0.15, 0.2) is 5.38 Å². The van der Waals surface area contributed by atoms with Crippen molar-refractivity contribution in [3.8, 4) is 0 Å². The smallest absolute Gasteiger partial charge is 0.192 e. The number of nitrogens with two attached hydrogens (primary N) is 1. The van der Waals surface area contributed by atoms with Crippen LogP contribution in [0.5, 0.6) is 0 Å². The van der Waals surface area contributed by atoms with Gasteiger partial charge in [-0.1, -0.05) is 0 Å². The number of thiazole rings is 1. The Morgan fingerprint density at radius 2 is 2.28 bits per heavy atom. The van der Waals surface area contributed by atoms with E-state index in [1.54, 1.807) is 0 Å². The Hall–Kier alpha value is -1.63. The topological polar surface area (TPSA) is 108 Å². The SMILES string of the molecule is CCOC(=N)CCCCc1csc(NC(=N)N)n1. The Labute approximate surface area is 111 Å². The lowest BCUT2D eigenvalue weighted by molar-refractivity contribution is 0.312. The summed E-state index contributed by atoms with van der Waals surface area (Å²) in [5, 5.41) is 19.8. The van der Waals surface area contributed by atoms with Crippen LogP contribution >= 0.6 is 11.3 Å². The van der Waals surface area contributed by atoms with E-state index in [-0.39, 0.29) is 5.96 Å². The zero-order valence-corrected chi connectivity index (χ0v) is 11.3. The summed E-state index contributed by atoms with van der Waals surface area (Å²) in [5.41, 5.74) is 6.21. The summed E-state index contributed by atoms with van der Waals surface area (Å²) in [6.07, 6.45) is 3.44. The van der Waals surface area contributed by atoms with Gasteiger partial charge in [0.15, 0.2) is 17.0 Å². The molecular weight excluding hydrogens is 250 g/mol. The number of aryl methyl sites for hydroxylation is 1. The highest BCUT2D eigenvalue weighted by molar-refractivity contribution is 7.13. The van der Waals surface area contributed by atoms with Crippen molar-refractivity contribution in [1.82, 2.24) is 4.98 Å². The lowest BCUT2D eigenvalue weighted by Crippen LogP contribution is -2.20. The molecule has 0 fully saturated rings. The van der Waals surface area contributed by atoms with E-state index < -0.39 is 0 Å². The number of unbranched alkanes of at least 4 members (excludes halogenated alkanes) is 1. The lowest BCUT2D eigenvalue weighted by atomic mass is 10.1. The van der Waals surface area contributed by atoms with Gasteiger partial charge in [-0.15, -0.1) is 11.3 Å². The molecule has 7 heteroatoms. The highest BCUT2D eigenvalue weighted by Crippen LogP contribution is 2.16. The van der Waals surface area contributed by atoms with Crippen molar-refractivity contribution in [2.45, 2.75) is 32.6 Å². The summed E-state index contributed by atoms with van der Waals surface area (Å²) in [5.74, 6) is 0.260. The molecule has 0 aliphatic rings. The molecule has 1 heterocycles. The van der Waals surface area contributed by atoms with Crippen LogP contribution < -0.4 is 11.1 Å². The molecule has 0 unspecified atom stereocenters.